The van der Waals surface area contributed by atoms with E-state index in [0.717, 1.165) is 0 Å². The molecule has 0 aromatic heterocycles. The van der Waals surface area contributed by atoms with Gasteiger partial charge in [0.25, 0.3) is 0 Å². The molecule has 0 bridgehead atoms. The van der Waals surface area contributed by atoms with E-state index in [1.165, 1.54) is 4.90 Å². The first kappa shape index (κ1) is 13.8. The molecule has 4 N–H and O–H groups in total. The summed E-state index contributed by atoms with van der Waals surface area (Å²) in [6.07, 6.45) is 0.0738. The van der Waals surface area contributed by atoms with Crippen LogP contribution >= 0.6 is 0 Å². The number of hydrogen-bond donors (Lipinski definition) is 3. The summed E-state index contributed by atoms with van der Waals surface area (Å²) in [5.74, 6) is 4.87. The van der Waals surface area contributed by atoms with Crippen molar-refractivity contribution in [2.75, 3.05) is 6.54 Å². The number of amides is 2. The minimum atomic E-state index is -0.916. The van der Waals surface area contributed by atoms with E-state index < -0.39 is 6.09 Å². The molecule has 1 aliphatic heterocycles. The average Bonchev–Trinajstić information content (AvgIpc) is 2.60. The Balaban J connectivity index is 2.85. The molecule has 17 heavy (non-hydrogen) atoms. The number of carbonyl (C=O) groups excluding carboxylic acids is 1. The van der Waals surface area contributed by atoms with Gasteiger partial charge in [0.15, 0.2) is 0 Å². The molecule has 1 aliphatic rings. The van der Waals surface area contributed by atoms with Crippen molar-refractivity contribution in [3.8, 4) is 0 Å². The van der Waals surface area contributed by atoms with E-state index in [2.05, 4.69) is 5.43 Å². The molecule has 0 spiro atoms. The SMILES string of the molecule is CC(C)(C)C1[C@H](CC(=O)NN)CCN1C(=O)O. The molecule has 1 rings (SSSR count). The number of nitrogens with zero attached hydrogens (tertiary/aromatic N) is 1. The molecule has 0 radical (unpaired) electrons. The molecule has 1 unspecified atom stereocenters. The van der Waals surface area contributed by atoms with Crippen molar-refractivity contribution in [2.24, 2.45) is 17.2 Å². The second kappa shape index (κ2) is 4.91. The van der Waals surface area contributed by atoms with Crippen LogP contribution < -0.4 is 11.3 Å². The van der Waals surface area contributed by atoms with Crippen LogP contribution in [0.2, 0.25) is 0 Å². The van der Waals surface area contributed by atoms with Gasteiger partial charge in [-0.05, 0) is 17.8 Å². The zero-order valence-corrected chi connectivity index (χ0v) is 10.6. The minimum Gasteiger partial charge on any atom is -0.465 e. The largest absolute Gasteiger partial charge is 0.465 e. The first-order chi connectivity index (χ1) is 7.77. The van der Waals surface area contributed by atoms with Gasteiger partial charge in [0.1, 0.15) is 0 Å². The van der Waals surface area contributed by atoms with Crippen molar-refractivity contribution in [1.82, 2.24) is 10.3 Å². The number of carboxylic acid groups (broad SMARTS) is 1. The van der Waals surface area contributed by atoms with E-state index >= 15 is 0 Å². The first-order valence-corrected chi connectivity index (χ1v) is 5.76. The molecule has 6 nitrogen and oxygen atoms in total. The smallest absolute Gasteiger partial charge is 0.407 e. The van der Waals surface area contributed by atoms with Crippen molar-refractivity contribution in [3.05, 3.63) is 0 Å². The number of rotatable bonds is 2. The fraction of sp³-hybridized carbons (Fsp3) is 0.818. The van der Waals surface area contributed by atoms with Crippen molar-refractivity contribution in [2.45, 2.75) is 39.7 Å². The maximum absolute atomic E-state index is 11.3. The van der Waals surface area contributed by atoms with Crippen LogP contribution in [0.5, 0.6) is 0 Å². The van der Waals surface area contributed by atoms with Crippen molar-refractivity contribution in [1.29, 1.82) is 0 Å². The monoisotopic (exact) mass is 243 g/mol. The Kier molecular flexibility index (Phi) is 3.98. The molecule has 6 heteroatoms. The molecule has 0 saturated carbocycles. The molecule has 1 heterocycles. The normalized spacial score (nSPS) is 24.8. The van der Waals surface area contributed by atoms with Crippen LogP contribution in [0.25, 0.3) is 0 Å². The van der Waals surface area contributed by atoms with Gasteiger partial charge in [0.05, 0.1) is 0 Å². The lowest BCUT2D eigenvalue weighted by Gasteiger charge is -2.36. The van der Waals surface area contributed by atoms with Gasteiger partial charge in [0.2, 0.25) is 5.91 Å². The zero-order valence-electron chi connectivity index (χ0n) is 10.6. The van der Waals surface area contributed by atoms with Crippen LogP contribution in [0.15, 0.2) is 0 Å². The fourth-order valence-corrected chi connectivity index (χ4v) is 2.76. The lowest BCUT2D eigenvalue weighted by Crippen LogP contribution is -2.46. The summed E-state index contributed by atoms with van der Waals surface area (Å²) in [5.41, 5.74) is 1.92. The standard InChI is InChI=1S/C11H21N3O3/c1-11(2,3)9-7(6-8(15)13-12)4-5-14(9)10(16)17/h7,9H,4-6,12H2,1-3H3,(H,13,15)(H,16,17)/t7-,9?/m0/s1. The fourth-order valence-electron chi connectivity index (χ4n) is 2.76. The molecule has 1 saturated heterocycles. The third-order valence-corrected chi connectivity index (χ3v) is 3.26. The Hall–Kier alpha value is -1.30. The van der Waals surface area contributed by atoms with Crippen LogP contribution in [0.4, 0.5) is 4.79 Å². The average molecular weight is 243 g/mol. The summed E-state index contributed by atoms with van der Waals surface area (Å²) in [7, 11) is 0. The lowest BCUT2D eigenvalue weighted by molar-refractivity contribution is -0.122. The minimum absolute atomic E-state index is 0.0367. The van der Waals surface area contributed by atoms with Crippen LogP contribution in [0.1, 0.15) is 33.6 Å². The molecule has 0 aliphatic carbocycles. The van der Waals surface area contributed by atoms with E-state index in [1.54, 1.807) is 0 Å². The molecule has 0 aromatic carbocycles. The third-order valence-electron chi connectivity index (χ3n) is 3.26. The number of likely N-dealkylation sites (tertiary alicyclic amines) is 1. The van der Waals surface area contributed by atoms with Crippen LogP contribution in [0, 0.1) is 11.3 Å². The molecule has 1 fully saturated rings. The van der Waals surface area contributed by atoms with Gasteiger partial charge in [-0.25, -0.2) is 10.6 Å². The Morgan fingerprint density at radius 3 is 2.47 bits per heavy atom. The first-order valence-electron chi connectivity index (χ1n) is 5.76. The lowest BCUT2D eigenvalue weighted by atomic mass is 9.78. The summed E-state index contributed by atoms with van der Waals surface area (Å²) < 4.78 is 0. The highest BCUT2D eigenvalue weighted by atomic mass is 16.4. The number of hydrazine groups is 1. The number of nitrogens with one attached hydrogen (secondary N) is 1. The van der Waals surface area contributed by atoms with Gasteiger partial charge in [-0.15, -0.1) is 0 Å². The van der Waals surface area contributed by atoms with Gasteiger partial charge in [-0.3, -0.25) is 10.2 Å². The molecular weight excluding hydrogens is 222 g/mol. The van der Waals surface area contributed by atoms with Crippen LogP contribution in [0.3, 0.4) is 0 Å². The van der Waals surface area contributed by atoms with Gasteiger partial charge < -0.3 is 10.0 Å². The summed E-state index contributed by atoms with van der Waals surface area (Å²) >= 11 is 0. The summed E-state index contributed by atoms with van der Waals surface area (Å²) in [6.45, 7) is 6.46. The van der Waals surface area contributed by atoms with E-state index in [0.29, 0.717) is 13.0 Å². The Morgan fingerprint density at radius 1 is 1.47 bits per heavy atom. The second-order valence-corrected chi connectivity index (χ2v) is 5.61. The topological polar surface area (TPSA) is 95.7 Å². The number of carbonyl (C=O) groups is 2. The van der Waals surface area contributed by atoms with Gasteiger partial charge in [-0.1, -0.05) is 20.8 Å². The molecule has 2 amide bonds. The second-order valence-electron chi connectivity index (χ2n) is 5.61. The van der Waals surface area contributed by atoms with Gasteiger partial charge in [-0.2, -0.15) is 0 Å². The zero-order chi connectivity index (χ0) is 13.2. The Labute approximate surface area is 101 Å². The van der Waals surface area contributed by atoms with Crippen molar-refractivity contribution >= 4 is 12.0 Å². The number of nitrogens with two attached hydrogens (primary N) is 1. The third kappa shape index (κ3) is 3.09. The summed E-state index contributed by atoms with van der Waals surface area (Å²) in [6, 6.07) is -0.141. The molecular formula is C11H21N3O3. The molecule has 0 aromatic rings. The van der Waals surface area contributed by atoms with E-state index in [1.807, 2.05) is 20.8 Å². The number of hydrogen-bond acceptors (Lipinski definition) is 3. The molecule has 98 valence electrons. The Bertz CT molecular complexity index is 312. The van der Waals surface area contributed by atoms with Crippen molar-refractivity contribution < 1.29 is 14.7 Å². The van der Waals surface area contributed by atoms with E-state index in [4.69, 9.17) is 10.9 Å². The quantitative estimate of drug-likeness (QED) is 0.379. The van der Waals surface area contributed by atoms with Crippen molar-refractivity contribution in [3.63, 3.8) is 0 Å². The maximum Gasteiger partial charge on any atom is 0.407 e. The van der Waals surface area contributed by atoms with E-state index in [9.17, 15) is 9.59 Å². The predicted octanol–water partition coefficient (Wildman–Crippen LogP) is 0.781. The molecule has 2 atom stereocenters. The Morgan fingerprint density at radius 2 is 2.06 bits per heavy atom. The highest BCUT2D eigenvalue weighted by Crippen LogP contribution is 2.38. The van der Waals surface area contributed by atoms with Gasteiger partial charge in [0, 0.05) is 19.0 Å². The van der Waals surface area contributed by atoms with Gasteiger partial charge >= 0.3 is 6.09 Å². The highest BCUT2D eigenvalue weighted by Gasteiger charge is 2.44. The van der Waals surface area contributed by atoms with E-state index in [-0.39, 0.29) is 29.7 Å². The maximum atomic E-state index is 11.3. The summed E-state index contributed by atoms with van der Waals surface area (Å²) in [5, 5.41) is 9.16. The van der Waals surface area contributed by atoms with Crippen LogP contribution in [-0.4, -0.2) is 34.6 Å². The highest BCUT2D eigenvalue weighted by molar-refractivity contribution is 5.76. The predicted molar refractivity (Wildman–Crippen MR) is 63.0 cm³/mol. The van der Waals surface area contributed by atoms with Crippen LogP contribution in [-0.2, 0) is 4.79 Å². The summed E-state index contributed by atoms with van der Waals surface area (Å²) in [4.78, 5) is 23.9.